The number of aryl methyl sites for hydroxylation is 2. The SMILES string of the molecule is Cc1ccc(C(=O)OCc2cc(-c3ccc(F)cc3F)on2)cc1C. The number of carbonyl (C=O) groups excluding carboxylic acids is 1. The summed E-state index contributed by atoms with van der Waals surface area (Å²) >= 11 is 0. The first-order valence-electron chi connectivity index (χ1n) is 7.59. The molecule has 3 aromatic rings. The summed E-state index contributed by atoms with van der Waals surface area (Å²) in [5, 5.41) is 3.74. The summed E-state index contributed by atoms with van der Waals surface area (Å²) in [6.07, 6.45) is 0. The third-order valence-corrected chi connectivity index (χ3v) is 3.85. The van der Waals surface area contributed by atoms with E-state index in [2.05, 4.69) is 5.16 Å². The highest BCUT2D eigenvalue weighted by Crippen LogP contribution is 2.24. The Balaban J connectivity index is 1.69. The maximum atomic E-state index is 13.7. The van der Waals surface area contributed by atoms with Crippen LogP contribution in [0, 0.1) is 25.5 Å². The summed E-state index contributed by atoms with van der Waals surface area (Å²) in [4.78, 5) is 12.1. The van der Waals surface area contributed by atoms with Gasteiger partial charge < -0.3 is 9.26 Å². The Kier molecular flexibility index (Phi) is 4.61. The lowest BCUT2D eigenvalue weighted by atomic mass is 10.1. The largest absolute Gasteiger partial charge is 0.455 e. The smallest absolute Gasteiger partial charge is 0.338 e. The predicted molar refractivity (Wildman–Crippen MR) is 86.9 cm³/mol. The zero-order valence-corrected chi connectivity index (χ0v) is 13.7. The van der Waals surface area contributed by atoms with Crippen molar-refractivity contribution >= 4 is 5.97 Å². The highest BCUT2D eigenvalue weighted by Gasteiger charge is 2.14. The summed E-state index contributed by atoms with van der Waals surface area (Å²) < 4.78 is 36.9. The highest BCUT2D eigenvalue weighted by molar-refractivity contribution is 5.89. The standard InChI is InChI=1S/C19H15F2NO3/c1-11-3-4-13(7-12(11)2)19(23)24-10-15-9-18(25-22-15)16-6-5-14(20)8-17(16)21/h3-9H,10H2,1-2H3. The van der Waals surface area contributed by atoms with Gasteiger partial charge in [-0.25, -0.2) is 13.6 Å². The Hall–Kier alpha value is -3.02. The second-order valence-corrected chi connectivity index (χ2v) is 5.68. The molecule has 4 nitrogen and oxygen atoms in total. The van der Waals surface area contributed by atoms with Crippen molar-refractivity contribution in [3.63, 3.8) is 0 Å². The van der Waals surface area contributed by atoms with Gasteiger partial charge in [0.15, 0.2) is 5.76 Å². The topological polar surface area (TPSA) is 52.3 Å². The van der Waals surface area contributed by atoms with E-state index in [1.165, 1.54) is 12.1 Å². The van der Waals surface area contributed by atoms with Crippen LogP contribution in [-0.2, 0) is 11.3 Å². The summed E-state index contributed by atoms with van der Waals surface area (Å²) in [5.41, 5.74) is 2.93. The number of halogens is 2. The molecular weight excluding hydrogens is 328 g/mol. The van der Waals surface area contributed by atoms with E-state index < -0.39 is 17.6 Å². The Labute approximate surface area is 143 Å². The molecule has 0 fully saturated rings. The Morgan fingerprint density at radius 1 is 1.08 bits per heavy atom. The van der Waals surface area contributed by atoms with Crippen LogP contribution in [0.1, 0.15) is 27.2 Å². The van der Waals surface area contributed by atoms with E-state index >= 15 is 0 Å². The minimum Gasteiger partial charge on any atom is -0.455 e. The number of carbonyl (C=O) groups is 1. The summed E-state index contributed by atoms with van der Waals surface area (Å²) in [7, 11) is 0. The molecule has 2 aromatic carbocycles. The second kappa shape index (κ2) is 6.84. The van der Waals surface area contributed by atoms with Gasteiger partial charge in [-0.15, -0.1) is 0 Å². The minimum atomic E-state index is -0.755. The number of rotatable bonds is 4. The maximum absolute atomic E-state index is 13.7. The first-order valence-corrected chi connectivity index (χ1v) is 7.59. The van der Waals surface area contributed by atoms with E-state index in [0.717, 1.165) is 23.3 Å². The average Bonchev–Trinajstić information content (AvgIpc) is 3.04. The molecule has 3 rings (SSSR count). The molecule has 0 aliphatic rings. The number of ether oxygens (including phenoxy) is 1. The van der Waals surface area contributed by atoms with Crippen molar-refractivity contribution in [1.82, 2.24) is 5.16 Å². The van der Waals surface area contributed by atoms with Crippen LogP contribution in [0.3, 0.4) is 0 Å². The van der Waals surface area contributed by atoms with E-state index in [-0.39, 0.29) is 17.9 Å². The molecule has 0 saturated heterocycles. The zero-order valence-electron chi connectivity index (χ0n) is 13.7. The lowest BCUT2D eigenvalue weighted by Crippen LogP contribution is -2.06. The summed E-state index contributed by atoms with van der Waals surface area (Å²) in [6.45, 7) is 3.75. The molecule has 0 saturated carbocycles. The number of esters is 1. The fourth-order valence-electron chi connectivity index (χ4n) is 2.29. The normalized spacial score (nSPS) is 10.7. The lowest BCUT2D eigenvalue weighted by Gasteiger charge is -2.05. The zero-order chi connectivity index (χ0) is 18.0. The predicted octanol–water partition coefficient (Wildman–Crippen LogP) is 4.59. The van der Waals surface area contributed by atoms with Crippen molar-refractivity contribution in [3.8, 4) is 11.3 Å². The highest BCUT2D eigenvalue weighted by atomic mass is 19.1. The van der Waals surface area contributed by atoms with Crippen LogP contribution < -0.4 is 0 Å². The molecule has 128 valence electrons. The van der Waals surface area contributed by atoms with Gasteiger partial charge in [-0.1, -0.05) is 11.2 Å². The quantitative estimate of drug-likeness (QED) is 0.650. The molecule has 25 heavy (non-hydrogen) atoms. The molecule has 0 atom stereocenters. The molecule has 1 heterocycles. The van der Waals surface area contributed by atoms with Crippen LogP contribution >= 0.6 is 0 Å². The molecule has 0 unspecified atom stereocenters. The fraction of sp³-hybridized carbons (Fsp3) is 0.158. The van der Waals surface area contributed by atoms with Gasteiger partial charge in [0, 0.05) is 12.1 Å². The molecule has 0 spiro atoms. The van der Waals surface area contributed by atoms with Gasteiger partial charge in [0.1, 0.15) is 23.9 Å². The van der Waals surface area contributed by atoms with Gasteiger partial charge in [0.25, 0.3) is 0 Å². The first-order chi connectivity index (χ1) is 11.9. The number of benzene rings is 2. The Bertz CT molecular complexity index is 934. The van der Waals surface area contributed by atoms with E-state index in [1.807, 2.05) is 19.9 Å². The molecule has 0 aliphatic carbocycles. The van der Waals surface area contributed by atoms with Gasteiger partial charge in [0.05, 0.1) is 11.1 Å². The van der Waals surface area contributed by atoms with E-state index in [1.54, 1.807) is 12.1 Å². The van der Waals surface area contributed by atoms with Crippen molar-refractivity contribution in [2.24, 2.45) is 0 Å². The van der Waals surface area contributed by atoms with Crippen molar-refractivity contribution in [3.05, 3.63) is 76.5 Å². The van der Waals surface area contributed by atoms with Gasteiger partial charge in [0.2, 0.25) is 0 Å². The third kappa shape index (κ3) is 3.74. The second-order valence-electron chi connectivity index (χ2n) is 5.68. The molecule has 1 aromatic heterocycles. The average molecular weight is 343 g/mol. The molecule has 0 amide bonds. The molecule has 0 bridgehead atoms. The van der Waals surface area contributed by atoms with Crippen LogP contribution in [0.15, 0.2) is 47.0 Å². The van der Waals surface area contributed by atoms with Crippen molar-refractivity contribution in [2.45, 2.75) is 20.5 Å². The van der Waals surface area contributed by atoms with Gasteiger partial charge in [-0.2, -0.15) is 0 Å². The molecule has 0 N–H and O–H groups in total. The van der Waals surface area contributed by atoms with Crippen LogP contribution in [0.5, 0.6) is 0 Å². The number of nitrogens with zero attached hydrogens (tertiary/aromatic N) is 1. The number of hydrogen-bond donors (Lipinski definition) is 0. The van der Waals surface area contributed by atoms with Gasteiger partial charge >= 0.3 is 5.97 Å². The summed E-state index contributed by atoms with van der Waals surface area (Å²) in [5.74, 6) is -1.78. The summed E-state index contributed by atoms with van der Waals surface area (Å²) in [6, 6.07) is 9.88. The van der Waals surface area contributed by atoms with Crippen LogP contribution in [-0.4, -0.2) is 11.1 Å². The molecule has 0 aliphatic heterocycles. The number of hydrogen-bond acceptors (Lipinski definition) is 4. The molecule has 0 radical (unpaired) electrons. The first kappa shape index (κ1) is 16.8. The Morgan fingerprint density at radius 3 is 2.60 bits per heavy atom. The van der Waals surface area contributed by atoms with Crippen LogP contribution in [0.4, 0.5) is 8.78 Å². The fourth-order valence-corrected chi connectivity index (χ4v) is 2.29. The van der Waals surface area contributed by atoms with Gasteiger partial charge in [-0.3, -0.25) is 0 Å². The molecule has 6 heteroatoms. The van der Waals surface area contributed by atoms with E-state index in [0.29, 0.717) is 11.3 Å². The van der Waals surface area contributed by atoms with Gasteiger partial charge in [-0.05, 0) is 49.2 Å². The van der Waals surface area contributed by atoms with E-state index in [9.17, 15) is 13.6 Å². The maximum Gasteiger partial charge on any atom is 0.338 e. The Morgan fingerprint density at radius 2 is 1.88 bits per heavy atom. The third-order valence-electron chi connectivity index (χ3n) is 3.85. The monoisotopic (exact) mass is 343 g/mol. The van der Waals surface area contributed by atoms with Crippen LogP contribution in [0.2, 0.25) is 0 Å². The number of aromatic nitrogens is 1. The van der Waals surface area contributed by atoms with Crippen molar-refractivity contribution in [2.75, 3.05) is 0 Å². The van der Waals surface area contributed by atoms with Crippen LogP contribution in [0.25, 0.3) is 11.3 Å². The van der Waals surface area contributed by atoms with E-state index in [4.69, 9.17) is 9.26 Å². The lowest BCUT2D eigenvalue weighted by molar-refractivity contribution is 0.0464. The van der Waals surface area contributed by atoms with Crippen molar-refractivity contribution < 1.29 is 22.8 Å². The minimum absolute atomic E-state index is 0.0839. The van der Waals surface area contributed by atoms with Crippen molar-refractivity contribution in [1.29, 1.82) is 0 Å². The molecular formula is C19H15F2NO3.